The lowest BCUT2D eigenvalue weighted by molar-refractivity contribution is 0.0698. The first-order valence-electron chi connectivity index (χ1n) is 9.50. The van der Waals surface area contributed by atoms with Crippen LogP contribution in [-0.2, 0) is 10.0 Å². The molecule has 0 aromatic heterocycles. The number of piperidine rings is 1. The molecule has 0 radical (unpaired) electrons. The fourth-order valence-corrected chi connectivity index (χ4v) is 4.97. The van der Waals surface area contributed by atoms with Crippen LogP contribution < -0.4 is 5.32 Å². The summed E-state index contributed by atoms with van der Waals surface area (Å²) < 4.78 is 27.1. The number of amides is 1. The number of nitrogens with zero attached hydrogens (tertiary/aromatic N) is 2. The number of rotatable bonds is 8. The van der Waals surface area contributed by atoms with Gasteiger partial charge in [-0.1, -0.05) is 13.8 Å². The van der Waals surface area contributed by atoms with E-state index in [0.717, 1.165) is 32.2 Å². The minimum atomic E-state index is -3.51. The van der Waals surface area contributed by atoms with Gasteiger partial charge in [0, 0.05) is 37.8 Å². The van der Waals surface area contributed by atoms with Gasteiger partial charge in [0.05, 0.1) is 4.90 Å². The molecule has 0 aliphatic carbocycles. The lowest BCUT2D eigenvalue weighted by Crippen LogP contribution is -2.46. The fourth-order valence-electron chi connectivity index (χ4n) is 3.35. The molecular formula is C19H32ClN3O3S. The third kappa shape index (κ3) is 5.91. The van der Waals surface area contributed by atoms with E-state index in [1.165, 1.54) is 4.31 Å². The molecule has 1 aromatic carbocycles. The minimum absolute atomic E-state index is 0. The Hall–Kier alpha value is -1.15. The van der Waals surface area contributed by atoms with Crippen molar-refractivity contribution in [2.24, 2.45) is 0 Å². The van der Waals surface area contributed by atoms with Crippen LogP contribution in [0.2, 0.25) is 0 Å². The number of carbonyl (C=O) groups excluding carboxylic acids is 1. The first-order valence-corrected chi connectivity index (χ1v) is 10.9. The molecule has 6 nitrogen and oxygen atoms in total. The molecular weight excluding hydrogens is 386 g/mol. The largest absolute Gasteiger partial charge is 0.337 e. The van der Waals surface area contributed by atoms with E-state index in [-0.39, 0.29) is 23.2 Å². The number of benzene rings is 1. The minimum Gasteiger partial charge on any atom is -0.337 e. The highest BCUT2D eigenvalue weighted by Crippen LogP contribution is 2.19. The predicted molar refractivity (Wildman–Crippen MR) is 111 cm³/mol. The average Bonchev–Trinajstić information content (AvgIpc) is 2.67. The van der Waals surface area contributed by atoms with E-state index in [1.54, 1.807) is 24.3 Å². The summed E-state index contributed by atoms with van der Waals surface area (Å²) in [7, 11) is -1.59. The van der Waals surface area contributed by atoms with Gasteiger partial charge in [0.1, 0.15) is 0 Å². The lowest BCUT2D eigenvalue weighted by atomic mass is 10.0. The molecule has 2 rings (SSSR count). The maximum atomic E-state index is 12.8. The van der Waals surface area contributed by atoms with Crippen molar-refractivity contribution in [3.05, 3.63) is 29.8 Å². The Morgan fingerprint density at radius 2 is 1.78 bits per heavy atom. The molecule has 1 aromatic rings. The molecule has 1 N–H and O–H groups in total. The van der Waals surface area contributed by atoms with E-state index in [1.807, 2.05) is 25.8 Å². The molecule has 27 heavy (non-hydrogen) atoms. The van der Waals surface area contributed by atoms with Gasteiger partial charge in [-0.15, -0.1) is 12.4 Å². The zero-order chi connectivity index (χ0) is 19.2. The van der Waals surface area contributed by atoms with Gasteiger partial charge < -0.3 is 10.2 Å². The smallest absolute Gasteiger partial charge is 0.253 e. The first-order chi connectivity index (χ1) is 12.4. The Morgan fingerprint density at radius 3 is 2.30 bits per heavy atom. The number of carbonyl (C=O) groups is 1. The number of likely N-dealkylation sites (tertiary alicyclic amines) is 1. The summed E-state index contributed by atoms with van der Waals surface area (Å²) in [5.74, 6) is -0.0344. The van der Waals surface area contributed by atoms with Gasteiger partial charge in [-0.25, -0.2) is 8.42 Å². The third-order valence-electron chi connectivity index (χ3n) is 4.80. The summed E-state index contributed by atoms with van der Waals surface area (Å²) in [4.78, 5) is 14.8. The second kappa shape index (κ2) is 11.0. The van der Waals surface area contributed by atoms with Crippen molar-refractivity contribution in [3.63, 3.8) is 0 Å². The zero-order valence-electron chi connectivity index (χ0n) is 16.5. The Bertz CT molecular complexity index is 689. The molecule has 1 fully saturated rings. The van der Waals surface area contributed by atoms with E-state index < -0.39 is 10.0 Å². The highest BCUT2D eigenvalue weighted by Gasteiger charge is 2.26. The van der Waals surface area contributed by atoms with Crippen LogP contribution >= 0.6 is 12.4 Å². The van der Waals surface area contributed by atoms with Crippen LogP contribution in [0.5, 0.6) is 0 Å². The number of hydrogen-bond acceptors (Lipinski definition) is 4. The standard InChI is InChI=1S/C19H31N3O3S.ClH/c1-4-12-22(13-5-2)26(24,25)18-10-8-16(9-11-18)19(23)21-14-6-7-17(15-21)20-3;/h8-11,17,20H,4-7,12-15H2,1-3H3;1H. The molecule has 0 spiro atoms. The average molecular weight is 418 g/mol. The summed E-state index contributed by atoms with van der Waals surface area (Å²) in [6, 6.07) is 6.70. The van der Waals surface area contributed by atoms with Crippen LogP contribution in [0.3, 0.4) is 0 Å². The molecule has 1 aliphatic heterocycles. The molecule has 1 atom stereocenters. The van der Waals surface area contributed by atoms with Crippen molar-refractivity contribution >= 4 is 28.3 Å². The Morgan fingerprint density at radius 1 is 1.19 bits per heavy atom. The summed E-state index contributed by atoms with van der Waals surface area (Å²) in [6.45, 7) is 6.40. The van der Waals surface area contributed by atoms with Crippen molar-refractivity contribution in [1.82, 2.24) is 14.5 Å². The van der Waals surface area contributed by atoms with E-state index >= 15 is 0 Å². The molecule has 154 valence electrons. The van der Waals surface area contributed by atoms with Crippen LogP contribution in [0.1, 0.15) is 49.9 Å². The molecule has 1 saturated heterocycles. The maximum Gasteiger partial charge on any atom is 0.253 e. The summed E-state index contributed by atoms with van der Waals surface area (Å²) >= 11 is 0. The van der Waals surface area contributed by atoms with E-state index in [9.17, 15) is 13.2 Å². The molecule has 1 amide bonds. The van der Waals surface area contributed by atoms with Crippen LogP contribution in [0.4, 0.5) is 0 Å². The van der Waals surface area contributed by atoms with Crippen LogP contribution in [0.25, 0.3) is 0 Å². The molecule has 0 bridgehead atoms. The lowest BCUT2D eigenvalue weighted by Gasteiger charge is -2.32. The van der Waals surface area contributed by atoms with Gasteiger partial charge in [-0.3, -0.25) is 4.79 Å². The summed E-state index contributed by atoms with van der Waals surface area (Å²) in [6.07, 6.45) is 3.60. The van der Waals surface area contributed by atoms with Crippen LogP contribution in [-0.4, -0.2) is 62.8 Å². The Balaban J connectivity index is 0.00000364. The molecule has 1 heterocycles. The topological polar surface area (TPSA) is 69.7 Å². The molecule has 0 saturated carbocycles. The van der Waals surface area contributed by atoms with Crippen molar-refractivity contribution in [2.45, 2.75) is 50.5 Å². The van der Waals surface area contributed by atoms with Crippen LogP contribution in [0, 0.1) is 0 Å². The molecule has 8 heteroatoms. The number of likely N-dealkylation sites (N-methyl/N-ethyl adjacent to an activating group) is 1. The van der Waals surface area contributed by atoms with Gasteiger partial charge in [0.25, 0.3) is 5.91 Å². The van der Waals surface area contributed by atoms with Crippen molar-refractivity contribution in [1.29, 1.82) is 0 Å². The van der Waals surface area contributed by atoms with Crippen LogP contribution in [0.15, 0.2) is 29.2 Å². The summed E-state index contributed by atoms with van der Waals surface area (Å²) in [5, 5.41) is 3.23. The highest BCUT2D eigenvalue weighted by atomic mass is 35.5. The highest BCUT2D eigenvalue weighted by molar-refractivity contribution is 7.89. The van der Waals surface area contributed by atoms with Crippen molar-refractivity contribution < 1.29 is 13.2 Å². The molecule has 1 unspecified atom stereocenters. The van der Waals surface area contributed by atoms with Gasteiger partial charge in [-0.05, 0) is 57.0 Å². The normalized spacial score (nSPS) is 17.6. The van der Waals surface area contributed by atoms with Crippen molar-refractivity contribution in [3.8, 4) is 0 Å². The van der Waals surface area contributed by atoms with Crippen molar-refractivity contribution in [2.75, 3.05) is 33.2 Å². The zero-order valence-corrected chi connectivity index (χ0v) is 18.1. The first kappa shape index (κ1) is 23.9. The van der Waals surface area contributed by atoms with Gasteiger partial charge in [0.2, 0.25) is 10.0 Å². The summed E-state index contributed by atoms with van der Waals surface area (Å²) in [5.41, 5.74) is 0.540. The van der Waals surface area contributed by atoms with Gasteiger partial charge >= 0.3 is 0 Å². The molecule has 1 aliphatic rings. The number of hydrogen-bond donors (Lipinski definition) is 1. The Labute approximate surface area is 169 Å². The van der Waals surface area contributed by atoms with Gasteiger partial charge in [0.15, 0.2) is 0 Å². The number of nitrogens with one attached hydrogen (secondary N) is 1. The second-order valence-corrected chi connectivity index (χ2v) is 8.75. The predicted octanol–water partition coefficient (Wildman–Crippen LogP) is 2.74. The fraction of sp³-hybridized carbons (Fsp3) is 0.632. The van der Waals surface area contributed by atoms with E-state index in [0.29, 0.717) is 31.2 Å². The third-order valence-corrected chi connectivity index (χ3v) is 6.71. The van der Waals surface area contributed by atoms with Gasteiger partial charge in [-0.2, -0.15) is 4.31 Å². The quantitative estimate of drug-likeness (QED) is 0.706. The SMILES string of the molecule is CCCN(CCC)S(=O)(=O)c1ccc(C(=O)N2CCCC(NC)C2)cc1.Cl. The van der Waals surface area contributed by atoms with E-state index in [2.05, 4.69) is 5.32 Å². The monoisotopic (exact) mass is 417 g/mol. The second-order valence-electron chi connectivity index (χ2n) is 6.81. The number of sulfonamides is 1. The van der Waals surface area contributed by atoms with E-state index in [4.69, 9.17) is 0 Å². The maximum absolute atomic E-state index is 12.8. The number of halogens is 1. The Kier molecular flexibility index (Phi) is 9.73.